The topological polar surface area (TPSA) is 100 Å². The molecule has 0 bridgehead atoms. The molecule has 4 atom stereocenters. The summed E-state index contributed by atoms with van der Waals surface area (Å²) in [6, 6.07) is 4.16. The monoisotopic (exact) mass is 527 g/mol. The zero-order chi connectivity index (χ0) is 24.8. The Morgan fingerprint density at radius 3 is 2.51 bits per heavy atom. The second kappa shape index (κ2) is 12.6. The SMILES string of the molecule is O=C(C[C@@H]1CC[C@H]2[C@@H](COC[C@@H](O)CN2C(=O)Nc2cc(Cl)cc(Cl)c2)O1)NCC1CCCCC1. The largest absolute Gasteiger partial charge is 0.389 e. The Morgan fingerprint density at radius 2 is 1.77 bits per heavy atom. The molecule has 3 fully saturated rings. The van der Waals surface area contributed by atoms with Crippen LogP contribution in [0.25, 0.3) is 0 Å². The number of aliphatic hydroxyl groups is 1. The average molecular weight is 528 g/mol. The molecule has 0 spiro atoms. The van der Waals surface area contributed by atoms with Gasteiger partial charge < -0.3 is 30.1 Å². The van der Waals surface area contributed by atoms with Crippen molar-refractivity contribution < 1.29 is 24.2 Å². The number of β-amino-alcohol motifs (C(OH)–C–C–N with tert-alkyl or cyclic N) is 1. The van der Waals surface area contributed by atoms with Gasteiger partial charge >= 0.3 is 6.03 Å². The van der Waals surface area contributed by atoms with E-state index in [4.69, 9.17) is 32.7 Å². The van der Waals surface area contributed by atoms with Gasteiger partial charge in [-0.15, -0.1) is 0 Å². The number of ether oxygens (including phenoxy) is 2. The maximum absolute atomic E-state index is 13.2. The molecule has 0 radical (unpaired) electrons. The Balaban J connectivity index is 1.35. The second-order valence-corrected chi connectivity index (χ2v) is 10.8. The number of nitrogens with zero attached hydrogens (tertiary/aromatic N) is 1. The third-order valence-corrected chi connectivity index (χ3v) is 7.52. The summed E-state index contributed by atoms with van der Waals surface area (Å²) in [5, 5.41) is 17.1. The van der Waals surface area contributed by atoms with E-state index >= 15 is 0 Å². The van der Waals surface area contributed by atoms with Gasteiger partial charge in [-0.05, 0) is 49.8 Å². The van der Waals surface area contributed by atoms with E-state index in [1.807, 2.05) is 0 Å². The van der Waals surface area contributed by atoms with E-state index in [1.54, 1.807) is 23.1 Å². The molecule has 1 saturated carbocycles. The lowest BCUT2D eigenvalue weighted by atomic mass is 9.89. The van der Waals surface area contributed by atoms with Crippen molar-refractivity contribution in [2.24, 2.45) is 5.92 Å². The van der Waals surface area contributed by atoms with Crippen LogP contribution in [-0.2, 0) is 14.3 Å². The van der Waals surface area contributed by atoms with Crippen LogP contribution in [0.4, 0.5) is 10.5 Å². The van der Waals surface area contributed by atoms with E-state index in [0.29, 0.717) is 40.9 Å². The molecule has 1 aromatic carbocycles. The van der Waals surface area contributed by atoms with Crippen LogP contribution in [0.2, 0.25) is 10.0 Å². The number of halogens is 2. The number of urea groups is 1. The number of anilines is 1. The van der Waals surface area contributed by atoms with Gasteiger partial charge in [0.05, 0.1) is 44.4 Å². The number of rotatable bonds is 5. The predicted molar refractivity (Wildman–Crippen MR) is 135 cm³/mol. The summed E-state index contributed by atoms with van der Waals surface area (Å²) in [7, 11) is 0. The van der Waals surface area contributed by atoms with Gasteiger partial charge in [0.25, 0.3) is 0 Å². The fraction of sp³-hybridized carbons (Fsp3) is 0.680. The third kappa shape index (κ3) is 7.70. The molecular formula is C25H35Cl2N3O5. The van der Waals surface area contributed by atoms with Crippen molar-refractivity contribution in [3.63, 3.8) is 0 Å². The predicted octanol–water partition coefficient (Wildman–Crippen LogP) is 4.22. The number of hydrogen-bond acceptors (Lipinski definition) is 5. The first-order chi connectivity index (χ1) is 16.9. The van der Waals surface area contributed by atoms with Crippen molar-refractivity contribution in [2.75, 3.05) is 31.6 Å². The molecule has 2 aliphatic heterocycles. The molecule has 0 aromatic heterocycles. The molecule has 3 aliphatic rings. The number of amides is 3. The van der Waals surface area contributed by atoms with Crippen LogP contribution in [0.3, 0.4) is 0 Å². The number of hydrogen-bond donors (Lipinski definition) is 3. The molecule has 4 rings (SSSR count). The van der Waals surface area contributed by atoms with Crippen molar-refractivity contribution in [3.05, 3.63) is 28.2 Å². The highest BCUT2D eigenvalue weighted by atomic mass is 35.5. The number of nitrogens with one attached hydrogen (secondary N) is 2. The summed E-state index contributed by atoms with van der Waals surface area (Å²) in [6.07, 6.45) is 6.32. The van der Waals surface area contributed by atoms with Gasteiger partial charge in [0.15, 0.2) is 0 Å². The van der Waals surface area contributed by atoms with Crippen LogP contribution in [0.5, 0.6) is 0 Å². The van der Waals surface area contributed by atoms with Crippen molar-refractivity contribution >= 4 is 40.8 Å². The Labute approximate surface area is 216 Å². The molecular weight excluding hydrogens is 493 g/mol. The Morgan fingerprint density at radius 1 is 1.03 bits per heavy atom. The number of benzene rings is 1. The summed E-state index contributed by atoms with van der Waals surface area (Å²) in [5.41, 5.74) is 0.473. The molecule has 35 heavy (non-hydrogen) atoms. The van der Waals surface area contributed by atoms with Crippen molar-refractivity contribution in [3.8, 4) is 0 Å². The molecule has 2 heterocycles. The second-order valence-electron chi connectivity index (χ2n) is 9.89. The zero-order valence-corrected chi connectivity index (χ0v) is 21.4. The first-order valence-electron chi connectivity index (χ1n) is 12.6. The van der Waals surface area contributed by atoms with Gasteiger partial charge in [0, 0.05) is 22.3 Å². The number of fused-ring (bicyclic) bond motifs is 1. The minimum atomic E-state index is -0.812. The Hall–Kier alpha value is -1.58. The standard InChI is InChI=1S/C25H35Cl2N3O5/c26-17-8-18(27)10-19(9-17)29-25(33)30-13-20(31)14-34-15-23-22(30)7-6-21(35-23)11-24(32)28-12-16-4-2-1-3-5-16/h8-10,16,20-23,31H,1-7,11-15H2,(H,28,32)(H,29,33)/t20-,21-,22-,23+/m0/s1. The van der Waals surface area contributed by atoms with Crippen molar-refractivity contribution in [1.82, 2.24) is 10.2 Å². The lowest BCUT2D eigenvalue weighted by molar-refractivity contribution is -0.149. The van der Waals surface area contributed by atoms with E-state index in [2.05, 4.69) is 10.6 Å². The molecule has 1 aromatic rings. The molecule has 1 aliphatic carbocycles. The molecule has 3 N–H and O–H groups in total. The van der Waals surface area contributed by atoms with E-state index in [9.17, 15) is 14.7 Å². The van der Waals surface area contributed by atoms with Crippen molar-refractivity contribution in [1.29, 1.82) is 0 Å². The number of aliphatic hydroxyl groups excluding tert-OH is 1. The van der Waals surface area contributed by atoms with E-state index in [0.717, 1.165) is 6.54 Å². The highest BCUT2D eigenvalue weighted by Gasteiger charge is 2.40. The van der Waals surface area contributed by atoms with Crippen LogP contribution in [0.1, 0.15) is 51.4 Å². The Kier molecular flexibility index (Phi) is 9.53. The van der Waals surface area contributed by atoms with Crippen LogP contribution < -0.4 is 10.6 Å². The smallest absolute Gasteiger partial charge is 0.322 e. The molecule has 194 valence electrons. The number of carbonyl (C=O) groups is 2. The van der Waals surface area contributed by atoms with E-state index < -0.39 is 6.10 Å². The highest BCUT2D eigenvalue weighted by Crippen LogP contribution is 2.29. The lowest BCUT2D eigenvalue weighted by Gasteiger charge is -2.44. The average Bonchev–Trinajstić information content (AvgIpc) is 2.80. The van der Waals surface area contributed by atoms with Gasteiger partial charge in [0.2, 0.25) is 5.91 Å². The summed E-state index contributed by atoms with van der Waals surface area (Å²) in [5.74, 6) is 0.588. The van der Waals surface area contributed by atoms with Gasteiger partial charge in [0.1, 0.15) is 6.10 Å². The van der Waals surface area contributed by atoms with Crippen molar-refractivity contribution in [2.45, 2.75) is 75.7 Å². The molecule has 3 amide bonds. The zero-order valence-electron chi connectivity index (χ0n) is 19.9. The van der Waals surface area contributed by atoms with E-state index in [-0.39, 0.29) is 49.9 Å². The molecule has 2 saturated heterocycles. The fourth-order valence-electron chi connectivity index (χ4n) is 5.32. The third-order valence-electron chi connectivity index (χ3n) is 7.08. The van der Waals surface area contributed by atoms with Gasteiger partial charge in [-0.2, -0.15) is 0 Å². The van der Waals surface area contributed by atoms with Gasteiger partial charge in [-0.3, -0.25) is 4.79 Å². The first kappa shape index (κ1) is 26.5. The van der Waals surface area contributed by atoms with Gasteiger partial charge in [-0.25, -0.2) is 4.79 Å². The molecule has 8 nitrogen and oxygen atoms in total. The van der Waals surface area contributed by atoms with Crippen LogP contribution in [-0.4, -0.2) is 72.6 Å². The normalized spacial score (nSPS) is 27.9. The maximum Gasteiger partial charge on any atom is 0.322 e. The quantitative estimate of drug-likeness (QED) is 0.532. The Bertz CT molecular complexity index is 862. The van der Waals surface area contributed by atoms with Gasteiger partial charge in [-0.1, -0.05) is 42.5 Å². The van der Waals surface area contributed by atoms with Crippen LogP contribution >= 0.6 is 23.2 Å². The summed E-state index contributed by atoms with van der Waals surface area (Å²) >= 11 is 12.1. The molecule has 10 heteroatoms. The highest BCUT2D eigenvalue weighted by molar-refractivity contribution is 6.35. The lowest BCUT2D eigenvalue weighted by Crippen LogP contribution is -2.58. The first-order valence-corrected chi connectivity index (χ1v) is 13.3. The maximum atomic E-state index is 13.2. The number of carbonyl (C=O) groups excluding carboxylic acids is 2. The van der Waals surface area contributed by atoms with Crippen LogP contribution in [0.15, 0.2) is 18.2 Å². The summed E-state index contributed by atoms with van der Waals surface area (Å²) in [6.45, 7) is 1.19. The van der Waals surface area contributed by atoms with E-state index in [1.165, 1.54) is 32.1 Å². The summed E-state index contributed by atoms with van der Waals surface area (Å²) < 4.78 is 11.9. The van der Waals surface area contributed by atoms with Crippen LogP contribution in [0, 0.1) is 5.92 Å². The minimum Gasteiger partial charge on any atom is -0.389 e. The minimum absolute atomic E-state index is 0.00800. The molecule has 0 unspecified atom stereocenters. The fourth-order valence-corrected chi connectivity index (χ4v) is 5.85. The summed E-state index contributed by atoms with van der Waals surface area (Å²) in [4.78, 5) is 27.4.